The summed E-state index contributed by atoms with van der Waals surface area (Å²) in [5.41, 5.74) is -0.334. The third-order valence-corrected chi connectivity index (χ3v) is 3.45. The van der Waals surface area contributed by atoms with Crippen molar-refractivity contribution in [3.05, 3.63) is 35.1 Å². The van der Waals surface area contributed by atoms with Gasteiger partial charge in [0.05, 0.1) is 5.92 Å². The van der Waals surface area contributed by atoms with Gasteiger partial charge in [-0.3, -0.25) is 9.59 Å². The highest BCUT2D eigenvalue weighted by atomic mass is 19.2. The molecular weight excluding hydrogens is 275 g/mol. The SMILES string of the molecule is CC1CN(C(=O)c2cc(F)c(F)c(F)c2)CC1C(=O)O. The van der Waals surface area contributed by atoms with E-state index in [1.807, 2.05) is 0 Å². The number of carbonyl (C=O) groups is 2. The maximum Gasteiger partial charge on any atom is 0.308 e. The first-order chi connectivity index (χ1) is 9.31. The highest BCUT2D eigenvalue weighted by molar-refractivity contribution is 5.94. The quantitative estimate of drug-likeness (QED) is 0.845. The van der Waals surface area contributed by atoms with Crippen LogP contribution in [0.4, 0.5) is 13.2 Å². The van der Waals surface area contributed by atoms with E-state index in [2.05, 4.69) is 0 Å². The summed E-state index contributed by atoms with van der Waals surface area (Å²) in [6, 6.07) is 1.22. The zero-order valence-electron chi connectivity index (χ0n) is 10.6. The lowest BCUT2D eigenvalue weighted by molar-refractivity contribution is -0.142. The van der Waals surface area contributed by atoms with Gasteiger partial charge in [0.25, 0.3) is 5.91 Å². The highest BCUT2D eigenvalue weighted by Gasteiger charge is 2.37. The topological polar surface area (TPSA) is 57.6 Å². The van der Waals surface area contributed by atoms with Gasteiger partial charge in [0.1, 0.15) is 0 Å². The Morgan fingerprint density at radius 1 is 1.20 bits per heavy atom. The standard InChI is InChI=1S/C13H12F3NO3/c1-6-4-17(5-8(6)13(19)20)12(18)7-2-9(14)11(16)10(15)3-7/h2-3,6,8H,4-5H2,1H3,(H,19,20). The molecule has 108 valence electrons. The summed E-state index contributed by atoms with van der Waals surface area (Å²) in [4.78, 5) is 24.2. The summed E-state index contributed by atoms with van der Waals surface area (Å²) in [6.45, 7) is 1.82. The van der Waals surface area contributed by atoms with Gasteiger partial charge in [-0.25, -0.2) is 13.2 Å². The van der Waals surface area contributed by atoms with Gasteiger partial charge in [-0.2, -0.15) is 0 Å². The molecule has 1 N–H and O–H groups in total. The lowest BCUT2D eigenvalue weighted by Crippen LogP contribution is -2.30. The van der Waals surface area contributed by atoms with Crippen LogP contribution in [0.5, 0.6) is 0 Å². The molecule has 1 saturated heterocycles. The number of nitrogens with zero attached hydrogens (tertiary/aromatic N) is 1. The second-order valence-corrected chi connectivity index (χ2v) is 4.89. The second kappa shape index (κ2) is 5.15. The lowest BCUT2D eigenvalue weighted by atomic mass is 9.99. The molecule has 0 aromatic heterocycles. The fraction of sp³-hybridized carbons (Fsp3) is 0.385. The number of hydrogen-bond donors (Lipinski definition) is 1. The monoisotopic (exact) mass is 287 g/mol. The van der Waals surface area contributed by atoms with E-state index in [9.17, 15) is 22.8 Å². The number of hydrogen-bond acceptors (Lipinski definition) is 2. The van der Waals surface area contributed by atoms with Gasteiger partial charge in [-0.15, -0.1) is 0 Å². The number of likely N-dealkylation sites (tertiary alicyclic amines) is 1. The third-order valence-electron chi connectivity index (χ3n) is 3.45. The van der Waals surface area contributed by atoms with E-state index < -0.39 is 35.2 Å². The summed E-state index contributed by atoms with van der Waals surface area (Å²) in [7, 11) is 0. The maximum atomic E-state index is 13.1. The Morgan fingerprint density at radius 3 is 2.20 bits per heavy atom. The van der Waals surface area contributed by atoms with Crippen molar-refractivity contribution in [1.29, 1.82) is 0 Å². The first-order valence-electron chi connectivity index (χ1n) is 5.98. The summed E-state index contributed by atoms with van der Waals surface area (Å²) in [5, 5.41) is 8.97. The molecule has 1 aliphatic rings. The van der Waals surface area contributed by atoms with Gasteiger partial charge >= 0.3 is 5.97 Å². The van der Waals surface area contributed by atoms with Crippen LogP contribution in [-0.4, -0.2) is 35.0 Å². The molecule has 2 rings (SSSR count). The van der Waals surface area contributed by atoms with E-state index in [4.69, 9.17) is 5.11 Å². The van der Waals surface area contributed by atoms with Crippen molar-refractivity contribution in [3.63, 3.8) is 0 Å². The molecule has 1 aromatic carbocycles. The number of carbonyl (C=O) groups excluding carboxylic acids is 1. The molecule has 0 spiro atoms. The lowest BCUT2D eigenvalue weighted by Gasteiger charge is -2.16. The zero-order chi connectivity index (χ0) is 15.0. The Hall–Kier alpha value is -2.05. The molecule has 0 saturated carbocycles. The fourth-order valence-electron chi connectivity index (χ4n) is 2.32. The van der Waals surface area contributed by atoms with E-state index in [1.165, 1.54) is 4.90 Å². The summed E-state index contributed by atoms with van der Waals surface area (Å²) in [5.74, 6) is -7.24. The minimum Gasteiger partial charge on any atom is -0.481 e. The third kappa shape index (κ3) is 2.48. The molecule has 2 atom stereocenters. The Morgan fingerprint density at radius 2 is 1.75 bits per heavy atom. The fourth-order valence-corrected chi connectivity index (χ4v) is 2.32. The highest BCUT2D eigenvalue weighted by Crippen LogP contribution is 2.25. The largest absolute Gasteiger partial charge is 0.481 e. The Bertz CT molecular complexity index is 553. The number of carboxylic acid groups (broad SMARTS) is 1. The molecule has 0 bridgehead atoms. The van der Waals surface area contributed by atoms with E-state index in [1.54, 1.807) is 6.92 Å². The Balaban J connectivity index is 2.23. The molecule has 0 aliphatic carbocycles. The number of benzene rings is 1. The van der Waals surface area contributed by atoms with Crippen LogP contribution in [0.15, 0.2) is 12.1 Å². The van der Waals surface area contributed by atoms with Gasteiger partial charge < -0.3 is 10.0 Å². The van der Waals surface area contributed by atoms with E-state index in [0.717, 1.165) is 0 Å². The van der Waals surface area contributed by atoms with Crippen molar-refractivity contribution >= 4 is 11.9 Å². The molecule has 7 heteroatoms. The van der Waals surface area contributed by atoms with Gasteiger partial charge in [-0.05, 0) is 18.1 Å². The van der Waals surface area contributed by atoms with Crippen LogP contribution in [-0.2, 0) is 4.79 Å². The van der Waals surface area contributed by atoms with E-state index >= 15 is 0 Å². The molecule has 20 heavy (non-hydrogen) atoms. The molecule has 2 unspecified atom stereocenters. The van der Waals surface area contributed by atoms with Gasteiger partial charge in [0.2, 0.25) is 0 Å². The van der Waals surface area contributed by atoms with Crippen molar-refractivity contribution in [3.8, 4) is 0 Å². The van der Waals surface area contributed by atoms with Crippen molar-refractivity contribution in [2.75, 3.05) is 13.1 Å². The van der Waals surface area contributed by atoms with Crippen molar-refractivity contribution < 1.29 is 27.9 Å². The molecule has 1 aromatic rings. The Labute approximate surface area is 112 Å². The Kier molecular flexibility index (Phi) is 3.69. The van der Waals surface area contributed by atoms with Crippen molar-refractivity contribution in [2.24, 2.45) is 11.8 Å². The average Bonchev–Trinajstić information content (AvgIpc) is 2.76. The average molecular weight is 287 g/mol. The van der Waals surface area contributed by atoms with Gasteiger partial charge in [0, 0.05) is 18.7 Å². The van der Waals surface area contributed by atoms with Crippen LogP contribution in [0.2, 0.25) is 0 Å². The number of aliphatic carboxylic acids is 1. The van der Waals surface area contributed by atoms with E-state index in [0.29, 0.717) is 12.1 Å². The van der Waals surface area contributed by atoms with Crippen molar-refractivity contribution in [1.82, 2.24) is 4.90 Å². The molecule has 1 fully saturated rings. The van der Waals surface area contributed by atoms with Gasteiger partial charge in [0.15, 0.2) is 17.5 Å². The van der Waals surface area contributed by atoms with Crippen molar-refractivity contribution in [2.45, 2.75) is 6.92 Å². The van der Waals surface area contributed by atoms with Crippen LogP contribution >= 0.6 is 0 Å². The molecule has 0 radical (unpaired) electrons. The predicted octanol–water partition coefficient (Wildman–Crippen LogP) is 1.90. The number of halogens is 3. The second-order valence-electron chi connectivity index (χ2n) is 4.89. The molecule has 1 heterocycles. The predicted molar refractivity (Wildman–Crippen MR) is 62.5 cm³/mol. The molecule has 1 amide bonds. The number of amides is 1. The minimum atomic E-state index is -1.64. The first-order valence-corrected chi connectivity index (χ1v) is 5.98. The van der Waals surface area contributed by atoms with Gasteiger partial charge in [-0.1, -0.05) is 6.92 Å². The van der Waals surface area contributed by atoms with E-state index in [-0.39, 0.29) is 24.6 Å². The summed E-state index contributed by atoms with van der Waals surface area (Å²) < 4.78 is 39.0. The minimum absolute atomic E-state index is 0.0318. The van der Waals surface area contributed by atoms with Crippen LogP contribution in [0.3, 0.4) is 0 Å². The zero-order valence-corrected chi connectivity index (χ0v) is 10.6. The van der Waals surface area contributed by atoms with Crippen LogP contribution in [0.25, 0.3) is 0 Å². The number of rotatable bonds is 2. The normalized spacial score (nSPS) is 22.1. The number of carboxylic acids is 1. The van der Waals surface area contributed by atoms with Crippen LogP contribution in [0, 0.1) is 29.3 Å². The molecule has 4 nitrogen and oxygen atoms in total. The molecule has 1 aliphatic heterocycles. The first kappa shape index (κ1) is 14.4. The van der Waals surface area contributed by atoms with Crippen LogP contribution in [0.1, 0.15) is 17.3 Å². The maximum absolute atomic E-state index is 13.1. The molecular formula is C13H12F3NO3. The smallest absolute Gasteiger partial charge is 0.308 e. The van der Waals surface area contributed by atoms with Crippen LogP contribution < -0.4 is 0 Å². The summed E-state index contributed by atoms with van der Waals surface area (Å²) >= 11 is 0. The summed E-state index contributed by atoms with van der Waals surface area (Å²) in [6.07, 6.45) is 0.